The molecule has 0 atom stereocenters. The second-order valence-electron chi connectivity index (χ2n) is 4.83. The molecule has 0 spiro atoms. The maximum absolute atomic E-state index is 3.73. The summed E-state index contributed by atoms with van der Waals surface area (Å²) >= 11 is 0. The van der Waals surface area contributed by atoms with E-state index in [-0.39, 0.29) is 0 Å². The molecule has 1 nitrogen and oxygen atoms in total. The number of hydrogen-bond donors (Lipinski definition) is 1. The SMILES string of the molecule is CCC1(NCc2cccc(C)c2)CCC1. The van der Waals surface area contributed by atoms with Gasteiger partial charge in [-0.15, -0.1) is 0 Å². The standard InChI is InChI=1S/C14H21N/c1-3-14(8-5-9-14)15-11-13-7-4-6-12(2)10-13/h4,6-7,10,15H,3,5,8-9,11H2,1-2H3. The summed E-state index contributed by atoms with van der Waals surface area (Å²) in [6.45, 7) is 5.47. The zero-order valence-corrected chi connectivity index (χ0v) is 9.84. The van der Waals surface area contributed by atoms with Crippen LogP contribution in [0.1, 0.15) is 43.7 Å². The third kappa shape index (κ3) is 2.40. The Hall–Kier alpha value is -0.820. The van der Waals surface area contributed by atoms with Crippen molar-refractivity contribution in [2.24, 2.45) is 0 Å². The summed E-state index contributed by atoms with van der Waals surface area (Å²) in [4.78, 5) is 0. The van der Waals surface area contributed by atoms with Crippen LogP contribution in [0, 0.1) is 6.92 Å². The molecule has 0 saturated heterocycles. The molecule has 0 aliphatic heterocycles. The summed E-state index contributed by atoms with van der Waals surface area (Å²) in [5.41, 5.74) is 3.23. The van der Waals surface area contributed by atoms with Crippen LogP contribution in [-0.4, -0.2) is 5.54 Å². The van der Waals surface area contributed by atoms with Gasteiger partial charge in [0.15, 0.2) is 0 Å². The zero-order valence-electron chi connectivity index (χ0n) is 9.84. The van der Waals surface area contributed by atoms with E-state index >= 15 is 0 Å². The second-order valence-corrected chi connectivity index (χ2v) is 4.83. The lowest BCUT2D eigenvalue weighted by Crippen LogP contribution is -2.49. The Labute approximate surface area is 92.9 Å². The molecular weight excluding hydrogens is 182 g/mol. The van der Waals surface area contributed by atoms with Crippen LogP contribution in [0.4, 0.5) is 0 Å². The summed E-state index contributed by atoms with van der Waals surface area (Å²) in [6, 6.07) is 8.78. The molecular formula is C14H21N. The van der Waals surface area contributed by atoms with Crippen molar-refractivity contribution < 1.29 is 0 Å². The minimum Gasteiger partial charge on any atom is -0.307 e. The maximum Gasteiger partial charge on any atom is 0.0210 e. The van der Waals surface area contributed by atoms with Crippen LogP contribution in [0.25, 0.3) is 0 Å². The van der Waals surface area contributed by atoms with Crippen molar-refractivity contribution in [3.05, 3.63) is 35.4 Å². The van der Waals surface area contributed by atoms with E-state index in [1.54, 1.807) is 0 Å². The highest BCUT2D eigenvalue weighted by Gasteiger charge is 2.33. The molecule has 0 bridgehead atoms. The van der Waals surface area contributed by atoms with Crippen LogP contribution in [0.3, 0.4) is 0 Å². The molecule has 82 valence electrons. The van der Waals surface area contributed by atoms with E-state index in [1.165, 1.54) is 36.8 Å². The average molecular weight is 203 g/mol. The third-order valence-electron chi connectivity index (χ3n) is 3.74. The quantitative estimate of drug-likeness (QED) is 0.790. The third-order valence-corrected chi connectivity index (χ3v) is 3.74. The Kier molecular flexibility index (Phi) is 3.11. The summed E-state index contributed by atoms with van der Waals surface area (Å²) in [7, 11) is 0. The van der Waals surface area contributed by atoms with Crippen molar-refractivity contribution in [2.75, 3.05) is 0 Å². The summed E-state index contributed by atoms with van der Waals surface area (Å²) in [5.74, 6) is 0. The lowest BCUT2D eigenvalue weighted by atomic mass is 9.75. The van der Waals surface area contributed by atoms with E-state index in [1.807, 2.05) is 0 Å². The van der Waals surface area contributed by atoms with Gasteiger partial charge in [0.2, 0.25) is 0 Å². The van der Waals surface area contributed by atoms with Crippen molar-refractivity contribution >= 4 is 0 Å². The van der Waals surface area contributed by atoms with Crippen LogP contribution < -0.4 is 5.32 Å². The molecule has 0 heterocycles. The molecule has 0 amide bonds. The lowest BCUT2D eigenvalue weighted by Gasteiger charge is -2.42. The van der Waals surface area contributed by atoms with E-state index < -0.39 is 0 Å². The first kappa shape index (κ1) is 10.7. The van der Waals surface area contributed by atoms with Crippen molar-refractivity contribution in [1.82, 2.24) is 5.32 Å². The topological polar surface area (TPSA) is 12.0 Å². The van der Waals surface area contributed by atoms with Crippen LogP contribution in [-0.2, 0) is 6.54 Å². The fourth-order valence-corrected chi connectivity index (χ4v) is 2.37. The number of aryl methyl sites for hydroxylation is 1. The fraction of sp³-hybridized carbons (Fsp3) is 0.571. The molecule has 1 N–H and O–H groups in total. The number of nitrogens with one attached hydrogen (secondary N) is 1. The largest absolute Gasteiger partial charge is 0.307 e. The molecule has 1 aromatic rings. The van der Waals surface area contributed by atoms with Gasteiger partial charge < -0.3 is 5.32 Å². The number of benzene rings is 1. The number of rotatable bonds is 4. The molecule has 1 aliphatic carbocycles. The maximum atomic E-state index is 3.73. The molecule has 1 aromatic carbocycles. The van der Waals surface area contributed by atoms with Crippen LogP contribution in [0.5, 0.6) is 0 Å². The van der Waals surface area contributed by atoms with Crippen molar-refractivity contribution in [3.8, 4) is 0 Å². The predicted octanol–water partition coefficient (Wildman–Crippen LogP) is 3.42. The Morgan fingerprint density at radius 2 is 2.13 bits per heavy atom. The Balaban J connectivity index is 1.92. The van der Waals surface area contributed by atoms with Crippen molar-refractivity contribution in [3.63, 3.8) is 0 Å². The molecule has 1 fully saturated rings. The van der Waals surface area contributed by atoms with E-state index in [2.05, 4.69) is 43.4 Å². The van der Waals surface area contributed by atoms with E-state index in [0.29, 0.717) is 5.54 Å². The van der Waals surface area contributed by atoms with Gasteiger partial charge in [0.1, 0.15) is 0 Å². The first-order valence-electron chi connectivity index (χ1n) is 6.05. The lowest BCUT2D eigenvalue weighted by molar-refractivity contribution is 0.175. The first-order valence-corrected chi connectivity index (χ1v) is 6.05. The molecule has 0 aromatic heterocycles. The van der Waals surface area contributed by atoms with Crippen molar-refractivity contribution in [1.29, 1.82) is 0 Å². The monoisotopic (exact) mass is 203 g/mol. The van der Waals surface area contributed by atoms with Gasteiger partial charge in [-0.25, -0.2) is 0 Å². The van der Waals surface area contributed by atoms with Crippen LogP contribution in [0.15, 0.2) is 24.3 Å². The van der Waals surface area contributed by atoms with Crippen LogP contribution in [0.2, 0.25) is 0 Å². The molecule has 15 heavy (non-hydrogen) atoms. The molecule has 1 aliphatic rings. The van der Waals surface area contributed by atoms with Gasteiger partial charge >= 0.3 is 0 Å². The minimum atomic E-state index is 0.462. The summed E-state index contributed by atoms with van der Waals surface area (Å²) < 4.78 is 0. The molecule has 1 heteroatoms. The van der Waals surface area contributed by atoms with Gasteiger partial charge in [-0.05, 0) is 38.2 Å². The Morgan fingerprint density at radius 3 is 2.67 bits per heavy atom. The minimum absolute atomic E-state index is 0.462. The second kappa shape index (κ2) is 4.36. The normalized spacial score (nSPS) is 18.5. The Bertz CT molecular complexity index is 320. The fourth-order valence-electron chi connectivity index (χ4n) is 2.37. The highest BCUT2D eigenvalue weighted by Crippen LogP contribution is 2.34. The molecule has 1 saturated carbocycles. The van der Waals surface area contributed by atoms with Crippen LogP contribution >= 0.6 is 0 Å². The zero-order chi connectivity index (χ0) is 10.7. The highest BCUT2D eigenvalue weighted by atomic mass is 15.0. The predicted molar refractivity (Wildman–Crippen MR) is 64.9 cm³/mol. The van der Waals surface area contributed by atoms with Gasteiger partial charge in [-0.3, -0.25) is 0 Å². The smallest absolute Gasteiger partial charge is 0.0210 e. The summed E-state index contributed by atoms with van der Waals surface area (Å²) in [6.07, 6.45) is 5.37. The van der Waals surface area contributed by atoms with Crippen molar-refractivity contribution in [2.45, 2.75) is 51.6 Å². The molecule has 0 unspecified atom stereocenters. The highest BCUT2D eigenvalue weighted by molar-refractivity contribution is 5.22. The molecule has 0 radical (unpaired) electrons. The number of hydrogen-bond acceptors (Lipinski definition) is 1. The van der Waals surface area contributed by atoms with E-state index in [4.69, 9.17) is 0 Å². The van der Waals surface area contributed by atoms with Gasteiger partial charge in [0.05, 0.1) is 0 Å². The summed E-state index contributed by atoms with van der Waals surface area (Å²) in [5, 5.41) is 3.73. The van der Waals surface area contributed by atoms with Gasteiger partial charge in [-0.1, -0.05) is 36.8 Å². The Morgan fingerprint density at radius 1 is 1.33 bits per heavy atom. The first-order chi connectivity index (χ1) is 7.24. The average Bonchev–Trinajstić information content (AvgIpc) is 2.17. The van der Waals surface area contributed by atoms with Gasteiger partial charge in [0.25, 0.3) is 0 Å². The van der Waals surface area contributed by atoms with Gasteiger partial charge in [-0.2, -0.15) is 0 Å². The molecule has 2 rings (SSSR count). The van der Waals surface area contributed by atoms with Gasteiger partial charge in [0, 0.05) is 12.1 Å². The van der Waals surface area contributed by atoms with E-state index in [0.717, 1.165) is 6.54 Å². The van der Waals surface area contributed by atoms with E-state index in [9.17, 15) is 0 Å².